The number of hydrogen-bond donors (Lipinski definition) is 1. The molecule has 156 valence electrons. The first-order valence-corrected chi connectivity index (χ1v) is 8.34. The van der Waals surface area contributed by atoms with E-state index in [-0.39, 0.29) is 0 Å². The van der Waals surface area contributed by atoms with E-state index in [1.807, 2.05) is 0 Å². The third kappa shape index (κ3) is 4.47. The summed E-state index contributed by atoms with van der Waals surface area (Å²) in [5.41, 5.74) is 0. The normalized spacial score (nSPS) is 34.5. The molecule has 0 aromatic rings. The molecule has 0 amide bonds. The minimum Gasteiger partial charge on any atom is -0.463 e. The fourth-order valence-corrected chi connectivity index (χ4v) is 3.21. The number of ether oxygens (including phenoxy) is 5. The second-order valence-electron chi connectivity index (χ2n) is 5.64. The Labute approximate surface area is 169 Å². The SMILES string of the molecule is [C-]#[N+][C@@]1(O)O[C@H](COC(C)=O)[C@@H](OC(C)=O)[C@](Cl)(OC(C)=O)[C@@]1(Cl)OC(C)=O. The van der Waals surface area contributed by atoms with Gasteiger partial charge in [-0.2, -0.15) is 0 Å². The Hall–Kier alpha value is -2.13. The summed E-state index contributed by atoms with van der Waals surface area (Å²) in [5, 5.41) is 4.72. The lowest BCUT2D eigenvalue weighted by atomic mass is 9.94. The molecule has 0 unspecified atom stereocenters. The lowest BCUT2D eigenvalue weighted by Crippen LogP contribution is -2.77. The Bertz CT molecular complexity index is 724. The Kier molecular flexibility index (Phi) is 7.24. The highest BCUT2D eigenvalue weighted by Gasteiger charge is 2.83. The zero-order chi connectivity index (χ0) is 21.9. The van der Waals surface area contributed by atoms with Gasteiger partial charge in [0.05, 0.1) is 0 Å². The number of carbonyl (C=O) groups excluding carboxylic acids is 4. The molecule has 0 aromatic heterocycles. The predicted octanol–water partition coefficient (Wildman–Crippen LogP) is 0.442. The summed E-state index contributed by atoms with van der Waals surface area (Å²) in [7, 11) is 0. The van der Waals surface area contributed by atoms with Crippen LogP contribution in [0.25, 0.3) is 4.85 Å². The molecule has 1 aliphatic rings. The van der Waals surface area contributed by atoms with Crippen molar-refractivity contribution in [1.82, 2.24) is 0 Å². The van der Waals surface area contributed by atoms with Crippen molar-refractivity contribution in [3.8, 4) is 0 Å². The first kappa shape index (κ1) is 23.9. The topological polar surface area (TPSA) is 139 Å². The van der Waals surface area contributed by atoms with Crippen LogP contribution in [-0.2, 0) is 42.9 Å². The lowest BCUT2D eigenvalue weighted by molar-refractivity contribution is -0.357. The third-order valence-electron chi connectivity index (χ3n) is 3.35. The van der Waals surface area contributed by atoms with Gasteiger partial charge in [-0.3, -0.25) is 29.0 Å². The van der Waals surface area contributed by atoms with E-state index in [4.69, 9.17) is 53.5 Å². The maximum atomic E-state index is 11.7. The van der Waals surface area contributed by atoms with Crippen LogP contribution in [0.4, 0.5) is 0 Å². The van der Waals surface area contributed by atoms with Crippen molar-refractivity contribution in [3.05, 3.63) is 11.4 Å². The smallest absolute Gasteiger partial charge is 0.463 e. The number of esters is 4. The van der Waals surface area contributed by atoms with Gasteiger partial charge in [0.1, 0.15) is 12.7 Å². The van der Waals surface area contributed by atoms with Crippen LogP contribution in [-0.4, -0.2) is 63.8 Å². The first-order chi connectivity index (χ1) is 12.7. The van der Waals surface area contributed by atoms with E-state index in [2.05, 4.69) is 4.85 Å². The summed E-state index contributed by atoms with van der Waals surface area (Å²) < 4.78 is 24.7. The van der Waals surface area contributed by atoms with Crippen molar-refractivity contribution in [2.45, 2.75) is 55.9 Å². The van der Waals surface area contributed by atoms with Gasteiger partial charge in [0.2, 0.25) is 0 Å². The Morgan fingerprint density at radius 2 is 1.57 bits per heavy atom. The van der Waals surface area contributed by atoms with Gasteiger partial charge in [0, 0.05) is 27.7 Å². The summed E-state index contributed by atoms with van der Waals surface area (Å²) >= 11 is 12.5. The minimum absolute atomic E-state index is 0.687. The van der Waals surface area contributed by atoms with Gasteiger partial charge in [0.25, 0.3) is 5.06 Å². The number of rotatable bonds is 5. The molecule has 1 rings (SSSR count). The van der Waals surface area contributed by atoms with Gasteiger partial charge in [0.15, 0.2) is 6.10 Å². The van der Waals surface area contributed by atoms with E-state index in [1.54, 1.807) is 0 Å². The number of aliphatic hydroxyl groups is 1. The number of halogens is 2. The Balaban J connectivity index is 3.68. The molecule has 13 heteroatoms. The predicted molar refractivity (Wildman–Crippen MR) is 89.3 cm³/mol. The van der Waals surface area contributed by atoms with E-state index in [9.17, 15) is 24.3 Å². The van der Waals surface area contributed by atoms with Gasteiger partial charge in [-0.05, 0) is 0 Å². The minimum atomic E-state index is -3.22. The molecule has 28 heavy (non-hydrogen) atoms. The fourth-order valence-electron chi connectivity index (χ4n) is 2.41. The zero-order valence-electron chi connectivity index (χ0n) is 15.2. The molecule has 0 bridgehead atoms. The van der Waals surface area contributed by atoms with Gasteiger partial charge in [-0.25, -0.2) is 11.4 Å². The van der Waals surface area contributed by atoms with Crippen molar-refractivity contribution >= 4 is 47.1 Å². The molecule has 0 aliphatic carbocycles. The molecule has 1 N–H and O–H groups in total. The van der Waals surface area contributed by atoms with E-state index in [0.29, 0.717) is 0 Å². The van der Waals surface area contributed by atoms with Gasteiger partial charge >= 0.3 is 34.8 Å². The molecule has 11 nitrogen and oxygen atoms in total. The summed E-state index contributed by atoms with van der Waals surface area (Å²) in [6.45, 7) is 10.3. The van der Waals surface area contributed by atoms with Crippen LogP contribution >= 0.6 is 23.2 Å². The molecule has 1 saturated heterocycles. The number of nitrogens with zero attached hydrogens (tertiary/aromatic N) is 1. The third-order valence-corrected chi connectivity index (χ3v) is 4.61. The summed E-state index contributed by atoms with van der Waals surface area (Å²) in [4.78, 5) is 48.7. The highest BCUT2D eigenvalue weighted by atomic mass is 35.5. The van der Waals surface area contributed by atoms with Crippen LogP contribution in [0, 0.1) is 6.57 Å². The molecule has 0 saturated carbocycles. The summed E-state index contributed by atoms with van der Waals surface area (Å²) in [6, 6.07) is 0. The van der Waals surface area contributed by atoms with E-state index < -0.39 is 58.7 Å². The molecule has 0 spiro atoms. The maximum Gasteiger partial charge on any atom is 0.517 e. The zero-order valence-corrected chi connectivity index (χ0v) is 16.7. The van der Waals surface area contributed by atoms with Crippen molar-refractivity contribution in [3.63, 3.8) is 0 Å². The van der Waals surface area contributed by atoms with Crippen LogP contribution in [0.2, 0.25) is 0 Å². The summed E-state index contributed by atoms with van der Waals surface area (Å²) in [5.74, 6) is -7.21. The second kappa shape index (κ2) is 8.48. The van der Waals surface area contributed by atoms with Crippen LogP contribution in [0.3, 0.4) is 0 Å². The average molecular weight is 442 g/mol. The molecular formula is C15H17Cl2NO10. The quantitative estimate of drug-likeness (QED) is 0.276. The Morgan fingerprint density at radius 1 is 1.04 bits per heavy atom. The van der Waals surface area contributed by atoms with Crippen molar-refractivity contribution in [2.24, 2.45) is 0 Å². The number of alkyl halides is 2. The van der Waals surface area contributed by atoms with Crippen LogP contribution in [0.5, 0.6) is 0 Å². The van der Waals surface area contributed by atoms with Crippen LogP contribution in [0.15, 0.2) is 0 Å². The van der Waals surface area contributed by atoms with Crippen LogP contribution in [0.1, 0.15) is 27.7 Å². The highest BCUT2D eigenvalue weighted by molar-refractivity contribution is 6.35. The molecule has 1 aliphatic heterocycles. The molecule has 1 heterocycles. The second-order valence-corrected chi connectivity index (χ2v) is 6.73. The molecule has 0 aromatic carbocycles. The van der Waals surface area contributed by atoms with Crippen molar-refractivity contribution in [2.75, 3.05) is 6.61 Å². The largest absolute Gasteiger partial charge is 0.517 e. The molecular weight excluding hydrogens is 425 g/mol. The fraction of sp³-hybridized carbons (Fsp3) is 0.667. The summed E-state index contributed by atoms with van der Waals surface area (Å²) in [6.07, 6.45) is -3.50. The van der Waals surface area contributed by atoms with Crippen molar-refractivity contribution < 1.29 is 48.0 Å². The first-order valence-electron chi connectivity index (χ1n) is 7.58. The Morgan fingerprint density at radius 3 is 1.96 bits per heavy atom. The number of hydrogen-bond acceptors (Lipinski definition) is 10. The number of carbonyl (C=O) groups is 4. The highest BCUT2D eigenvalue weighted by Crippen LogP contribution is 2.54. The lowest BCUT2D eigenvalue weighted by Gasteiger charge is -2.50. The molecule has 0 radical (unpaired) electrons. The van der Waals surface area contributed by atoms with Crippen LogP contribution < -0.4 is 0 Å². The monoisotopic (exact) mass is 441 g/mol. The van der Waals surface area contributed by atoms with E-state index >= 15 is 0 Å². The van der Waals surface area contributed by atoms with Gasteiger partial charge in [-0.1, -0.05) is 23.2 Å². The van der Waals surface area contributed by atoms with E-state index in [1.165, 1.54) is 0 Å². The molecule has 1 fully saturated rings. The van der Waals surface area contributed by atoms with E-state index in [0.717, 1.165) is 27.7 Å². The molecule has 5 atom stereocenters. The van der Waals surface area contributed by atoms with Crippen molar-refractivity contribution in [1.29, 1.82) is 0 Å². The van der Waals surface area contributed by atoms with Gasteiger partial charge < -0.3 is 18.9 Å². The standard InChI is InChI=1S/C15H17Cl2NO10/c1-7(19)24-6-11-12(25-8(2)20)13(16,26-9(3)21)14(17,27-10(4)22)15(23,18-5)28-11/h11-12,23H,6H2,1-4H3/t11-,12-,13+,14-,15+/m1/s1. The van der Waals surface area contributed by atoms with Gasteiger partial charge in [-0.15, -0.1) is 0 Å². The average Bonchev–Trinajstić information content (AvgIpc) is 2.53. The maximum absolute atomic E-state index is 11.7.